The van der Waals surface area contributed by atoms with Crippen LogP contribution in [0.1, 0.15) is 95.0 Å². The van der Waals surface area contributed by atoms with Crippen LogP contribution in [0.2, 0.25) is 0 Å². The summed E-state index contributed by atoms with van der Waals surface area (Å²) in [6.45, 7) is 9.76. The predicted octanol–water partition coefficient (Wildman–Crippen LogP) is 5.10. The van der Waals surface area contributed by atoms with Crippen molar-refractivity contribution in [2.24, 2.45) is 5.41 Å². The maximum absolute atomic E-state index is 14.0. The zero-order valence-electron chi connectivity index (χ0n) is 23.6. The highest BCUT2D eigenvalue weighted by atomic mass is 16.2. The Hall–Kier alpha value is -2.67. The molecule has 0 unspecified atom stereocenters. The lowest BCUT2D eigenvalue weighted by molar-refractivity contribution is -0.139. The number of anilines is 1. The van der Waals surface area contributed by atoms with Crippen molar-refractivity contribution in [3.8, 4) is 0 Å². The van der Waals surface area contributed by atoms with E-state index in [4.69, 9.17) is 0 Å². The second-order valence-electron chi connectivity index (χ2n) is 12.2. The van der Waals surface area contributed by atoms with E-state index in [1.165, 1.54) is 24.8 Å². The van der Waals surface area contributed by atoms with Gasteiger partial charge in [0.2, 0.25) is 5.91 Å². The molecule has 206 valence electrons. The van der Waals surface area contributed by atoms with Crippen molar-refractivity contribution < 1.29 is 14.4 Å². The largest absolute Gasteiger partial charge is 0.383 e. The quantitative estimate of drug-likeness (QED) is 0.536. The van der Waals surface area contributed by atoms with E-state index in [1.807, 2.05) is 22.6 Å². The van der Waals surface area contributed by atoms with Gasteiger partial charge in [0.1, 0.15) is 6.54 Å². The molecule has 1 amide bonds. The van der Waals surface area contributed by atoms with Gasteiger partial charge in [0.15, 0.2) is 11.6 Å². The van der Waals surface area contributed by atoms with Gasteiger partial charge in [-0.3, -0.25) is 14.4 Å². The summed E-state index contributed by atoms with van der Waals surface area (Å²) in [7, 11) is 0. The molecule has 3 heterocycles. The van der Waals surface area contributed by atoms with E-state index in [9.17, 15) is 14.4 Å². The van der Waals surface area contributed by atoms with Crippen molar-refractivity contribution in [2.75, 3.05) is 18.4 Å². The highest BCUT2D eigenvalue weighted by Gasteiger charge is 2.66. The molecule has 2 N–H and O–H groups in total. The number of piperidine rings is 1. The van der Waals surface area contributed by atoms with Gasteiger partial charge in [-0.15, -0.1) is 0 Å². The third-order valence-corrected chi connectivity index (χ3v) is 8.89. The molecule has 1 saturated heterocycles. The monoisotopic (exact) mass is 520 g/mol. The summed E-state index contributed by atoms with van der Waals surface area (Å²) in [5.41, 5.74) is 3.87. The Kier molecular flexibility index (Phi) is 7.67. The van der Waals surface area contributed by atoms with Crippen molar-refractivity contribution in [3.63, 3.8) is 0 Å². The van der Waals surface area contributed by atoms with E-state index in [1.54, 1.807) is 6.92 Å². The summed E-state index contributed by atoms with van der Waals surface area (Å²) in [6, 6.07) is 4.35. The number of nitrogens with zero attached hydrogens (tertiary/aromatic N) is 2. The molecule has 1 aromatic heterocycles. The Morgan fingerprint density at radius 2 is 1.89 bits per heavy atom. The van der Waals surface area contributed by atoms with Crippen LogP contribution in [-0.4, -0.2) is 58.2 Å². The van der Waals surface area contributed by atoms with E-state index in [-0.39, 0.29) is 47.6 Å². The molecule has 7 heteroatoms. The van der Waals surface area contributed by atoms with E-state index in [0.717, 1.165) is 61.8 Å². The average Bonchev–Trinajstić information content (AvgIpc) is 3.27. The molecule has 3 aliphatic rings. The minimum Gasteiger partial charge on any atom is -0.383 e. The number of aryl methyl sites for hydroxylation is 1. The first-order chi connectivity index (χ1) is 18.2. The molecule has 1 aromatic carbocycles. The molecule has 1 aliphatic carbocycles. The fraction of sp³-hybridized carbons (Fsp3) is 0.645. The van der Waals surface area contributed by atoms with Gasteiger partial charge >= 0.3 is 0 Å². The molecular formula is C31H44N4O3. The molecule has 5 rings (SSSR count). The fourth-order valence-electron chi connectivity index (χ4n) is 6.96. The lowest BCUT2D eigenvalue weighted by atomic mass is 9.96. The summed E-state index contributed by atoms with van der Waals surface area (Å²) in [4.78, 5) is 41.6. The van der Waals surface area contributed by atoms with Crippen LogP contribution in [0, 0.1) is 5.41 Å². The van der Waals surface area contributed by atoms with Crippen molar-refractivity contribution in [1.82, 2.24) is 14.8 Å². The number of carbonyl (C=O) groups excluding carboxylic acids is 3. The molecule has 2 bridgehead atoms. The van der Waals surface area contributed by atoms with Crippen LogP contribution in [0.4, 0.5) is 5.69 Å². The first-order valence-electron chi connectivity index (χ1n) is 14.7. The van der Waals surface area contributed by atoms with E-state index in [2.05, 4.69) is 36.6 Å². The van der Waals surface area contributed by atoms with E-state index < -0.39 is 0 Å². The number of carbonyl (C=O) groups is 3. The number of nitrogens with one attached hydrogen (secondary N) is 2. The number of aromatic nitrogens is 1. The van der Waals surface area contributed by atoms with Crippen LogP contribution in [-0.2, 0) is 22.6 Å². The van der Waals surface area contributed by atoms with Crippen molar-refractivity contribution in [2.45, 2.75) is 110 Å². The van der Waals surface area contributed by atoms with Gasteiger partial charge in [0.25, 0.3) is 0 Å². The zero-order valence-corrected chi connectivity index (χ0v) is 23.6. The Morgan fingerprint density at radius 3 is 2.63 bits per heavy atom. The van der Waals surface area contributed by atoms with Gasteiger partial charge in [-0.05, 0) is 77.1 Å². The Labute approximate surface area is 226 Å². The van der Waals surface area contributed by atoms with Crippen LogP contribution in [0.3, 0.4) is 0 Å². The molecule has 2 fully saturated rings. The van der Waals surface area contributed by atoms with Crippen LogP contribution >= 0.6 is 0 Å². The summed E-state index contributed by atoms with van der Waals surface area (Å²) < 4.78 is 2.00. The highest BCUT2D eigenvalue weighted by molar-refractivity contribution is 6.09. The van der Waals surface area contributed by atoms with E-state index in [0.29, 0.717) is 12.0 Å². The van der Waals surface area contributed by atoms with Gasteiger partial charge in [0.05, 0.1) is 11.6 Å². The van der Waals surface area contributed by atoms with Crippen molar-refractivity contribution in [3.05, 3.63) is 29.5 Å². The van der Waals surface area contributed by atoms with Crippen LogP contribution < -0.4 is 10.6 Å². The molecule has 0 radical (unpaired) electrons. The van der Waals surface area contributed by atoms with Crippen LogP contribution in [0.5, 0.6) is 0 Å². The SMILES string of the molecule is CCC(=O)[C@@H]1C[C@]23CNCCCCCCCc4cc(NC(C)C)cc5c(C(C)=O)cn(c45)CC(=O)N1[C@@H]2C3. The maximum atomic E-state index is 14.0. The minimum atomic E-state index is -0.331. The number of hydrogen-bond acceptors (Lipinski definition) is 5. The normalized spacial score (nSPS) is 26.3. The van der Waals surface area contributed by atoms with Crippen molar-refractivity contribution in [1.29, 1.82) is 0 Å². The molecule has 2 aromatic rings. The van der Waals surface area contributed by atoms with Gasteiger partial charge in [-0.25, -0.2) is 0 Å². The molecule has 1 saturated carbocycles. The third kappa shape index (κ3) is 5.14. The number of rotatable bonds is 5. The first kappa shape index (κ1) is 26.9. The van der Waals surface area contributed by atoms with E-state index >= 15 is 0 Å². The second-order valence-corrected chi connectivity index (χ2v) is 12.2. The lowest BCUT2D eigenvalue weighted by Gasteiger charge is -2.27. The molecular weight excluding hydrogens is 476 g/mol. The van der Waals surface area contributed by atoms with Crippen LogP contribution in [0.15, 0.2) is 18.3 Å². The Morgan fingerprint density at radius 1 is 1.13 bits per heavy atom. The maximum Gasteiger partial charge on any atom is 0.243 e. The van der Waals surface area contributed by atoms with Crippen LogP contribution in [0.25, 0.3) is 10.9 Å². The summed E-state index contributed by atoms with van der Waals surface area (Å²) in [5.74, 6) is 0.155. The molecule has 0 spiro atoms. The molecule has 38 heavy (non-hydrogen) atoms. The Balaban J connectivity index is 1.56. The summed E-state index contributed by atoms with van der Waals surface area (Å²) in [6.07, 6.45) is 10.8. The first-order valence-corrected chi connectivity index (χ1v) is 14.7. The standard InChI is InChI=1S/C31H44N4O3/c1-5-27(37)26-15-31-16-28(31)35(26)29(38)18-34-17-25(21(4)36)24-14-23(33-20(2)3)13-22(30(24)34)11-9-7-6-8-10-12-32-19-31/h13-14,17,20,26,28,32-33H,5-12,15-16,18-19H2,1-4H3/t26-,28+,31-/m0/s1. The number of hydrogen-bond donors (Lipinski definition) is 2. The number of Topliss-reactive ketones (excluding diaryl/α,β-unsaturated/α-hetero) is 2. The fourth-order valence-corrected chi connectivity index (χ4v) is 6.96. The lowest BCUT2D eigenvalue weighted by Crippen LogP contribution is -2.44. The van der Waals surface area contributed by atoms with Crippen molar-refractivity contribution >= 4 is 34.1 Å². The zero-order chi connectivity index (χ0) is 27.0. The Bertz CT molecular complexity index is 1230. The molecule has 7 nitrogen and oxygen atoms in total. The summed E-state index contributed by atoms with van der Waals surface area (Å²) >= 11 is 0. The highest BCUT2D eigenvalue weighted by Crippen LogP contribution is 2.59. The topological polar surface area (TPSA) is 83.4 Å². The minimum absolute atomic E-state index is 0.00322. The molecule has 2 aliphatic heterocycles. The predicted molar refractivity (Wildman–Crippen MR) is 152 cm³/mol. The second kappa shape index (κ2) is 10.8. The van der Waals surface area contributed by atoms with Gasteiger partial charge < -0.3 is 20.1 Å². The number of benzene rings is 1. The van der Waals surface area contributed by atoms with Gasteiger partial charge in [0, 0.05) is 53.3 Å². The average molecular weight is 521 g/mol. The summed E-state index contributed by atoms with van der Waals surface area (Å²) in [5, 5.41) is 8.09. The number of amides is 1. The smallest absolute Gasteiger partial charge is 0.243 e. The number of ketones is 2. The van der Waals surface area contributed by atoms with Gasteiger partial charge in [-0.1, -0.05) is 26.2 Å². The van der Waals surface area contributed by atoms with Gasteiger partial charge in [-0.2, -0.15) is 0 Å². The third-order valence-electron chi connectivity index (χ3n) is 8.89. The molecule has 3 atom stereocenters.